The van der Waals surface area contributed by atoms with Crippen molar-refractivity contribution in [3.05, 3.63) is 28.8 Å². The number of anilines is 1. The molecule has 16 heavy (non-hydrogen) atoms. The van der Waals surface area contributed by atoms with Crippen LogP contribution in [0.15, 0.2) is 18.2 Å². The highest BCUT2D eigenvalue weighted by Crippen LogP contribution is 2.34. The van der Waals surface area contributed by atoms with Crippen LogP contribution in [0.25, 0.3) is 0 Å². The summed E-state index contributed by atoms with van der Waals surface area (Å²) in [4.78, 5) is 2.07. The van der Waals surface area contributed by atoms with Gasteiger partial charge in [-0.3, -0.25) is 0 Å². The minimum Gasteiger partial charge on any atom is -0.377 e. The number of hydrogen-bond donors (Lipinski definition) is 1. The van der Waals surface area contributed by atoms with Gasteiger partial charge in [-0.25, -0.2) is 0 Å². The van der Waals surface area contributed by atoms with Crippen LogP contribution in [0.2, 0.25) is 5.02 Å². The normalized spacial score (nSPS) is 20.8. The van der Waals surface area contributed by atoms with E-state index >= 15 is 0 Å². The topological polar surface area (TPSA) is 24.5 Å². The van der Waals surface area contributed by atoms with E-state index < -0.39 is 0 Å². The van der Waals surface area contributed by atoms with E-state index in [-0.39, 0.29) is 6.10 Å². The second-order valence-corrected chi connectivity index (χ2v) is 4.54. The van der Waals surface area contributed by atoms with Crippen molar-refractivity contribution in [3.63, 3.8) is 0 Å². The molecule has 0 radical (unpaired) electrons. The highest BCUT2D eigenvalue weighted by atomic mass is 35.5. The van der Waals surface area contributed by atoms with Gasteiger partial charge in [0.15, 0.2) is 0 Å². The number of benzene rings is 1. The Morgan fingerprint density at radius 2 is 2.25 bits per heavy atom. The number of nitrogens with zero attached hydrogens (tertiary/aromatic N) is 1. The largest absolute Gasteiger partial charge is 0.377 e. The molecule has 1 aromatic rings. The van der Waals surface area contributed by atoms with Crippen molar-refractivity contribution in [3.8, 4) is 0 Å². The molecular weight excluding hydrogens is 224 g/mol. The van der Waals surface area contributed by atoms with Crippen molar-refractivity contribution in [2.45, 2.75) is 6.10 Å². The predicted molar refractivity (Wildman–Crippen MR) is 67.3 cm³/mol. The van der Waals surface area contributed by atoms with Crippen molar-refractivity contribution >= 4 is 17.3 Å². The molecule has 0 bridgehead atoms. The van der Waals surface area contributed by atoms with E-state index in [1.807, 2.05) is 26.2 Å². The molecule has 2 rings (SSSR count). The average molecular weight is 241 g/mol. The monoisotopic (exact) mass is 240 g/mol. The first-order chi connectivity index (χ1) is 7.70. The van der Waals surface area contributed by atoms with Crippen molar-refractivity contribution in [2.75, 3.05) is 38.7 Å². The summed E-state index contributed by atoms with van der Waals surface area (Å²) in [7, 11) is 4.04. The third-order valence-corrected chi connectivity index (χ3v) is 3.09. The number of ether oxygens (including phenoxy) is 1. The number of morpholine rings is 1. The average Bonchev–Trinajstić information content (AvgIpc) is 2.29. The molecular formula is C12H17ClN2O. The molecule has 0 spiro atoms. The van der Waals surface area contributed by atoms with Gasteiger partial charge in [0.05, 0.1) is 12.7 Å². The fourth-order valence-corrected chi connectivity index (χ4v) is 2.28. The van der Waals surface area contributed by atoms with Gasteiger partial charge < -0.3 is 15.0 Å². The zero-order valence-corrected chi connectivity index (χ0v) is 10.4. The predicted octanol–water partition coefficient (Wildman–Crippen LogP) is 2.07. The van der Waals surface area contributed by atoms with Crippen LogP contribution in [0.4, 0.5) is 5.69 Å². The van der Waals surface area contributed by atoms with Gasteiger partial charge in [-0.05, 0) is 12.1 Å². The summed E-state index contributed by atoms with van der Waals surface area (Å²) in [5.41, 5.74) is 2.21. The highest BCUT2D eigenvalue weighted by Gasteiger charge is 2.22. The molecule has 4 heteroatoms. The molecule has 0 aromatic heterocycles. The molecule has 0 saturated carbocycles. The van der Waals surface area contributed by atoms with Crippen molar-refractivity contribution in [1.82, 2.24) is 5.32 Å². The first-order valence-corrected chi connectivity index (χ1v) is 5.86. The molecule has 1 aliphatic rings. The zero-order valence-electron chi connectivity index (χ0n) is 9.66. The Hall–Kier alpha value is -0.770. The SMILES string of the molecule is CN(C)c1cccc(Cl)c1C1CNCCO1. The zero-order chi connectivity index (χ0) is 11.5. The lowest BCUT2D eigenvalue weighted by Gasteiger charge is -2.28. The second kappa shape index (κ2) is 5.04. The molecule has 1 atom stereocenters. The van der Waals surface area contributed by atoms with Gasteiger partial charge in [-0.1, -0.05) is 17.7 Å². The Morgan fingerprint density at radius 1 is 1.44 bits per heavy atom. The smallest absolute Gasteiger partial charge is 0.0984 e. The quantitative estimate of drug-likeness (QED) is 0.857. The molecule has 88 valence electrons. The lowest BCUT2D eigenvalue weighted by molar-refractivity contribution is 0.0281. The third kappa shape index (κ3) is 2.32. The minimum absolute atomic E-state index is 0.0554. The Morgan fingerprint density at radius 3 is 2.88 bits per heavy atom. The van der Waals surface area contributed by atoms with Crippen LogP contribution in [0.5, 0.6) is 0 Å². The van der Waals surface area contributed by atoms with Gasteiger partial charge >= 0.3 is 0 Å². The van der Waals surface area contributed by atoms with Gasteiger partial charge in [-0.2, -0.15) is 0 Å². The standard InChI is InChI=1S/C12H17ClN2O/c1-15(2)10-5-3-4-9(13)12(10)11-8-14-6-7-16-11/h3-5,11,14H,6-8H2,1-2H3. The van der Waals surface area contributed by atoms with Gasteiger partial charge in [0, 0.05) is 43.5 Å². The molecule has 0 aliphatic carbocycles. The molecule has 1 heterocycles. The molecule has 1 unspecified atom stereocenters. The van der Waals surface area contributed by atoms with Gasteiger partial charge in [0.25, 0.3) is 0 Å². The summed E-state index contributed by atoms with van der Waals surface area (Å²) < 4.78 is 5.76. The van der Waals surface area contributed by atoms with Crippen molar-refractivity contribution < 1.29 is 4.74 Å². The molecule has 1 saturated heterocycles. The Balaban J connectivity index is 2.36. The molecule has 1 aliphatic heterocycles. The van der Waals surface area contributed by atoms with Gasteiger partial charge in [0.1, 0.15) is 0 Å². The third-order valence-electron chi connectivity index (χ3n) is 2.76. The van der Waals surface area contributed by atoms with E-state index in [2.05, 4.69) is 16.3 Å². The maximum Gasteiger partial charge on any atom is 0.0984 e. The van der Waals surface area contributed by atoms with E-state index in [0.717, 1.165) is 36.0 Å². The molecule has 1 aromatic carbocycles. The van der Waals surface area contributed by atoms with Crippen LogP contribution < -0.4 is 10.2 Å². The van der Waals surface area contributed by atoms with Crippen LogP contribution in [-0.4, -0.2) is 33.8 Å². The summed E-state index contributed by atoms with van der Waals surface area (Å²) >= 11 is 6.27. The number of halogens is 1. The summed E-state index contributed by atoms with van der Waals surface area (Å²) in [5, 5.41) is 4.10. The number of hydrogen-bond acceptors (Lipinski definition) is 3. The molecule has 1 N–H and O–H groups in total. The Labute approximate surface area is 101 Å². The van der Waals surface area contributed by atoms with Crippen molar-refractivity contribution in [1.29, 1.82) is 0 Å². The van der Waals surface area contributed by atoms with E-state index in [0.29, 0.717) is 0 Å². The van der Waals surface area contributed by atoms with Crippen molar-refractivity contribution in [2.24, 2.45) is 0 Å². The van der Waals surface area contributed by atoms with E-state index in [1.165, 1.54) is 0 Å². The van der Waals surface area contributed by atoms with Crippen LogP contribution in [0.1, 0.15) is 11.7 Å². The summed E-state index contributed by atoms with van der Waals surface area (Å²) in [6.45, 7) is 2.48. The second-order valence-electron chi connectivity index (χ2n) is 4.13. The summed E-state index contributed by atoms with van der Waals surface area (Å²) in [6, 6.07) is 5.96. The highest BCUT2D eigenvalue weighted by molar-refractivity contribution is 6.31. The first kappa shape index (κ1) is 11.7. The van der Waals surface area contributed by atoms with Gasteiger partial charge in [0.2, 0.25) is 0 Å². The number of nitrogens with one attached hydrogen (secondary N) is 1. The molecule has 3 nitrogen and oxygen atoms in total. The molecule has 1 fully saturated rings. The maximum absolute atomic E-state index is 6.27. The van der Waals surface area contributed by atoms with Crippen LogP contribution in [-0.2, 0) is 4.74 Å². The molecule has 0 amide bonds. The van der Waals surface area contributed by atoms with E-state index in [4.69, 9.17) is 16.3 Å². The van der Waals surface area contributed by atoms with Gasteiger partial charge in [-0.15, -0.1) is 0 Å². The van der Waals surface area contributed by atoms with Crippen LogP contribution >= 0.6 is 11.6 Å². The summed E-state index contributed by atoms with van der Waals surface area (Å²) in [6.07, 6.45) is 0.0554. The number of rotatable bonds is 2. The van der Waals surface area contributed by atoms with Crippen LogP contribution in [0.3, 0.4) is 0 Å². The summed E-state index contributed by atoms with van der Waals surface area (Å²) in [5.74, 6) is 0. The lowest BCUT2D eigenvalue weighted by atomic mass is 10.1. The fraction of sp³-hybridized carbons (Fsp3) is 0.500. The van der Waals surface area contributed by atoms with E-state index in [1.54, 1.807) is 0 Å². The van der Waals surface area contributed by atoms with Crippen LogP contribution in [0, 0.1) is 0 Å². The maximum atomic E-state index is 6.27. The Kier molecular flexibility index (Phi) is 3.69. The fourth-order valence-electron chi connectivity index (χ4n) is 1.99. The Bertz CT molecular complexity index is 362. The minimum atomic E-state index is 0.0554. The lowest BCUT2D eigenvalue weighted by Crippen LogP contribution is -2.34. The first-order valence-electron chi connectivity index (χ1n) is 5.48. The van der Waals surface area contributed by atoms with E-state index in [9.17, 15) is 0 Å².